The highest BCUT2D eigenvalue weighted by molar-refractivity contribution is 4.92. The van der Waals surface area contributed by atoms with Gasteiger partial charge in [0.1, 0.15) is 0 Å². The highest BCUT2D eigenvalue weighted by Gasteiger charge is 2.13. The second-order valence-electron chi connectivity index (χ2n) is 5.14. The van der Waals surface area contributed by atoms with Gasteiger partial charge in [0.05, 0.1) is 19.5 Å². The first-order valence-corrected chi connectivity index (χ1v) is 7.83. The molecule has 0 aromatic carbocycles. The Kier molecular flexibility index (Phi) is 9.82. The van der Waals surface area contributed by atoms with Crippen molar-refractivity contribution in [3.05, 3.63) is 11.8 Å². The Bertz CT molecular complexity index is 232. The summed E-state index contributed by atoms with van der Waals surface area (Å²) in [5.41, 5.74) is 0. The Morgan fingerprint density at radius 3 is 2.84 bits per heavy atom. The van der Waals surface area contributed by atoms with Crippen molar-refractivity contribution in [3.8, 4) is 0 Å². The largest absolute Gasteiger partial charge is 0.501 e. The van der Waals surface area contributed by atoms with E-state index in [-0.39, 0.29) is 6.29 Å². The van der Waals surface area contributed by atoms with E-state index in [0.29, 0.717) is 0 Å². The summed E-state index contributed by atoms with van der Waals surface area (Å²) in [6, 6.07) is 0. The van der Waals surface area contributed by atoms with Crippen LogP contribution < -0.4 is 0 Å². The molecule has 1 aliphatic heterocycles. The minimum atomic E-state index is 0.0455. The molecule has 0 aromatic rings. The van der Waals surface area contributed by atoms with Crippen molar-refractivity contribution >= 4 is 0 Å². The van der Waals surface area contributed by atoms with E-state index >= 15 is 0 Å². The number of allylic oxidation sites excluding steroid dienone is 2. The Morgan fingerprint density at radius 1 is 1.26 bits per heavy atom. The predicted octanol–water partition coefficient (Wildman–Crippen LogP) is 4.42. The monoisotopic (exact) mass is 270 g/mol. The number of rotatable bonds is 10. The van der Waals surface area contributed by atoms with Crippen LogP contribution in [-0.2, 0) is 14.2 Å². The van der Waals surface area contributed by atoms with Gasteiger partial charge < -0.3 is 14.2 Å². The third-order valence-corrected chi connectivity index (χ3v) is 3.45. The van der Waals surface area contributed by atoms with Gasteiger partial charge in [0.2, 0.25) is 0 Å². The fourth-order valence-corrected chi connectivity index (χ4v) is 2.24. The van der Waals surface area contributed by atoms with Crippen LogP contribution in [0, 0.1) is 0 Å². The van der Waals surface area contributed by atoms with E-state index in [1.807, 2.05) is 0 Å². The molecule has 0 radical (unpaired) electrons. The second kappa shape index (κ2) is 11.3. The van der Waals surface area contributed by atoms with Gasteiger partial charge in [-0.05, 0) is 44.6 Å². The molecule has 0 bridgehead atoms. The maximum Gasteiger partial charge on any atom is 0.157 e. The zero-order valence-electron chi connectivity index (χ0n) is 12.7. The summed E-state index contributed by atoms with van der Waals surface area (Å²) in [5.74, 6) is 1.13. The first-order chi connectivity index (χ1) is 9.36. The van der Waals surface area contributed by atoms with E-state index < -0.39 is 0 Å². The van der Waals surface area contributed by atoms with E-state index in [1.165, 1.54) is 32.1 Å². The molecule has 0 amide bonds. The number of hydrogen-bond acceptors (Lipinski definition) is 3. The molecule has 0 saturated carbocycles. The summed E-state index contributed by atoms with van der Waals surface area (Å²) < 4.78 is 16.6. The zero-order valence-corrected chi connectivity index (χ0v) is 12.7. The Labute approximate surface area is 118 Å². The summed E-state index contributed by atoms with van der Waals surface area (Å²) in [6.07, 6.45) is 12.6. The molecule has 0 spiro atoms. The average molecular weight is 270 g/mol. The molecule has 0 aliphatic carbocycles. The lowest BCUT2D eigenvalue weighted by Gasteiger charge is -2.22. The molecular weight excluding hydrogens is 240 g/mol. The number of unbranched alkanes of at least 4 members (excludes halogenated alkanes) is 3. The molecule has 0 aromatic heterocycles. The van der Waals surface area contributed by atoms with Gasteiger partial charge >= 0.3 is 0 Å². The topological polar surface area (TPSA) is 27.7 Å². The van der Waals surface area contributed by atoms with Crippen LogP contribution in [0.3, 0.4) is 0 Å². The van der Waals surface area contributed by atoms with E-state index in [2.05, 4.69) is 13.0 Å². The van der Waals surface area contributed by atoms with Crippen LogP contribution in [0.2, 0.25) is 0 Å². The van der Waals surface area contributed by atoms with E-state index in [1.54, 1.807) is 7.11 Å². The van der Waals surface area contributed by atoms with Gasteiger partial charge in [0.25, 0.3) is 0 Å². The van der Waals surface area contributed by atoms with Crippen molar-refractivity contribution in [3.63, 3.8) is 0 Å². The van der Waals surface area contributed by atoms with E-state index in [4.69, 9.17) is 14.2 Å². The predicted molar refractivity (Wildman–Crippen MR) is 78.0 cm³/mol. The third kappa shape index (κ3) is 8.27. The maximum absolute atomic E-state index is 5.70. The van der Waals surface area contributed by atoms with Crippen LogP contribution in [0.4, 0.5) is 0 Å². The smallest absolute Gasteiger partial charge is 0.157 e. The molecule has 1 heterocycles. The molecule has 3 nitrogen and oxygen atoms in total. The lowest BCUT2D eigenvalue weighted by atomic mass is 10.1. The fourth-order valence-electron chi connectivity index (χ4n) is 2.24. The van der Waals surface area contributed by atoms with Gasteiger partial charge in [-0.1, -0.05) is 19.8 Å². The van der Waals surface area contributed by atoms with Crippen molar-refractivity contribution in [2.24, 2.45) is 0 Å². The molecule has 3 heteroatoms. The fraction of sp³-hybridized carbons (Fsp3) is 0.875. The van der Waals surface area contributed by atoms with Gasteiger partial charge in [-0.2, -0.15) is 0 Å². The molecule has 1 unspecified atom stereocenters. The minimum Gasteiger partial charge on any atom is -0.501 e. The average Bonchev–Trinajstić information content (AvgIpc) is 2.46. The van der Waals surface area contributed by atoms with Gasteiger partial charge in [0, 0.05) is 13.0 Å². The number of hydrogen-bond donors (Lipinski definition) is 0. The Morgan fingerprint density at radius 2 is 2.16 bits per heavy atom. The summed E-state index contributed by atoms with van der Waals surface area (Å²) >= 11 is 0. The first kappa shape index (κ1) is 16.5. The van der Waals surface area contributed by atoms with Crippen LogP contribution in [0.5, 0.6) is 0 Å². The van der Waals surface area contributed by atoms with E-state index in [0.717, 1.165) is 44.7 Å². The van der Waals surface area contributed by atoms with Crippen molar-refractivity contribution in [2.75, 3.05) is 20.3 Å². The third-order valence-electron chi connectivity index (χ3n) is 3.45. The van der Waals surface area contributed by atoms with Crippen LogP contribution >= 0.6 is 0 Å². The lowest BCUT2D eigenvalue weighted by Crippen LogP contribution is -2.22. The summed E-state index contributed by atoms with van der Waals surface area (Å²) in [7, 11) is 1.77. The van der Waals surface area contributed by atoms with Gasteiger partial charge in [-0.25, -0.2) is 0 Å². The first-order valence-electron chi connectivity index (χ1n) is 7.83. The second-order valence-corrected chi connectivity index (χ2v) is 5.14. The Balaban J connectivity index is 2.03. The van der Waals surface area contributed by atoms with Crippen LogP contribution in [-0.4, -0.2) is 26.6 Å². The van der Waals surface area contributed by atoms with Gasteiger partial charge in [0.15, 0.2) is 6.29 Å². The molecule has 1 rings (SSSR count). The maximum atomic E-state index is 5.70. The summed E-state index contributed by atoms with van der Waals surface area (Å²) in [6.45, 7) is 3.86. The van der Waals surface area contributed by atoms with Crippen molar-refractivity contribution in [2.45, 2.75) is 71.0 Å². The molecular formula is C16H30O3. The molecule has 0 N–H and O–H groups in total. The van der Waals surface area contributed by atoms with Crippen molar-refractivity contribution < 1.29 is 14.2 Å². The van der Waals surface area contributed by atoms with E-state index in [9.17, 15) is 0 Å². The normalized spacial score (nSPS) is 20.5. The van der Waals surface area contributed by atoms with Crippen molar-refractivity contribution in [1.29, 1.82) is 0 Å². The van der Waals surface area contributed by atoms with Gasteiger partial charge in [-0.15, -0.1) is 0 Å². The highest BCUT2D eigenvalue weighted by Crippen LogP contribution is 2.15. The van der Waals surface area contributed by atoms with Crippen LogP contribution in [0.1, 0.15) is 64.7 Å². The van der Waals surface area contributed by atoms with Gasteiger partial charge in [-0.3, -0.25) is 0 Å². The number of ether oxygens (including phenoxy) is 3. The summed E-state index contributed by atoms with van der Waals surface area (Å²) in [5, 5.41) is 0. The molecule has 1 fully saturated rings. The number of methoxy groups -OCH3 is 1. The van der Waals surface area contributed by atoms with Crippen LogP contribution in [0.25, 0.3) is 0 Å². The quantitative estimate of drug-likeness (QED) is 0.434. The molecule has 1 atom stereocenters. The highest BCUT2D eigenvalue weighted by atomic mass is 16.7. The van der Waals surface area contributed by atoms with Crippen LogP contribution in [0.15, 0.2) is 11.8 Å². The molecule has 1 saturated heterocycles. The standard InChI is InChI=1S/C16H30O3/c1-3-4-5-10-15(17-2)11-6-8-13-18-16-12-7-9-14-19-16/h11,16H,3-10,12-14H2,1-2H3/b15-11+. The lowest BCUT2D eigenvalue weighted by molar-refractivity contribution is -0.162. The SMILES string of the molecule is CCCCC/C(=C\CCCOC1CCCCO1)OC. The molecule has 19 heavy (non-hydrogen) atoms. The molecule has 112 valence electrons. The summed E-state index contributed by atoms with van der Waals surface area (Å²) in [4.78, 5) is 0. The zero-order chi connectivity index (χ0) is 13.8. The van der Waals surface area contributed by atoms with Crippen molar-refractivity contribution in [1.82, 2.24) is 0 Å². The Hall–Kier alpha value is -0.540. The molecule has 1 aliphatic rings. The minimum absolute atomic E-state index is 0.0455.